The molecule has 0 spiro atoms. The Hall–Kier alpha value is -1.50. The molecule has 7 heteroatoms. The van der Waals surface area contributed by atoms with E-state index < -0.39 is 12.0 Å². The number of aliphatic carboxylic acids is 1. The third-order valence-electron chi connectivity index (χ3n) is 3.21. The molecule has 1 saturated heterocycles. The number of thioether (sulfide) groups is 1. The van der Waals surface area contributed by atoms with Crippen LogP contribution in [0.15, 0.2) is 4.52 Å². The van der Waals surface area contributed by atoms with Crippen LogP contribution in [-0.4, -0.2) is 44.2 Å². The number of hydrogen-bond donors (Lipinski definition) is 1. The zero-order valence-electron chi connectivity index (χ0n) is 11.0. The molecule has 1 fully saturated rings. The number of rotatable bonds is 3. The molecule has 0 aliphatic carbocycles. The van der Waals surface area contributed by atoms with Crippen molar-refractivity contribution in [1.29, 1.82) is 0 Å². The van der Waals surface area contributed by atoms with E-state index in [0.717, 1.165) is 0 Å². The Balaban J connectivity index is 2.37. The van der Waals surface area contributed by atoms with Crippen LogP contribution in [-0.2, 0) is 4.79 Å². The summed E-state index contributed by atoms with van der Waals surface area (Å²) in [4.78, 5) is 25.3. The van der Waals surface area contributed by atoms with Gasteiger partial charge < -0.3 is 14.5 Å². The number of carbonyl (C=O) groups is 2. The largest absolute Gasteiger partial charge is 0.480 e. The minimum absolute atomic E-state index is 0.109. The third kappa shape index (κ3) is 2.34. The van der Waals surface area contributed by atoms with Gasteiger partial charge in [0.15, 0.2) is 0 Å². The standard InChI is InChI=1S/C12H16N2O4S/c1-4-9-14(8(5-19-9)12(16)17)11(15)10-6(2)13-18-7(10)3/h8-9H,4-5H2,1-3H3,(H,16,17). The second-order valence-corrected chi connectivity index (χ2v) is 5.67. The van der Waals surface area contributed by atoms with Crippen molar-refractivity contribution in [2.45, 2.75) is 38.6 Å². The number of aromatic nitrogens is 1. The third-order valence-corrected chi connectivity index (χ3v) is 4.66. The van der Waals surface area contributed by atoms with E-state index in [2.05, 4.69) is 5.16 Å². The normalized spacial score (nSPS) is 22.8. The van der Waals surface area contributed by atoms with Gasteiger partial charge >= 0.3 is 5.97 Å². The molecule has 1 N–H and O–H groups in total. The maximum atomic E-state index is 12.6. The van der Waals surface area contributed by atoms with E-state index in [1.54, 1.807) is 13.8 Å². The van der Waals surface area contributed by atoms with E-state index in [9.17, 15) is 14.7 Å². The van der Waals surface area contributed by atoms with Gasteiger partial charge in [0, 0.05) is 5.75 Å². The molecular formula is C12H16N2O4S. The first-order chi connectivity index (χ1) is 8.97. The van der Waals surface area contributed by atoms with E-state index in [0.29, 0.717) is 29.2 Å². The van der Waals surface area contributed by atoms with Crippen LogP contribution in [0.25, 0.3) is 0 Å². The molecular weight excluding hydrogens is 268 g/mol. The Morgan fingerprint density at radius 1 is 1.53 bits per heavy atom. The first-order valence-electron chi connectivity index (χ1n) is 6.07. The van der Waals surface area contributed by atoms with Gasteiger partial charge in [0.25, 0.3) is 5.91 Å². The quantitative estimate of drug-likeness (QED) is 0.909. The molecule has 104 valence electrons. The van der Waals surface area contributed by atoms with Gasteiger partial charge in [0.05, 0.1) is 11.1 Å². The lowest BCUT2D eigenvalue weighted by Crippen LogP contribution is -2.45. The molecule has 1 aromatic heterocycles. The lowest BCUT2D eigenvalue weighted by Gasteiger charge is -2.26. The molecule has 0 saturated carbocycles. The zero-order chi connectivity index (χ0) is 14.2. The molecule has 1 aliphatic heterocycles. The van der Waals surface area contributed by atoms with Crippen molar-refractivity contribution < 1.29 is 19.2 Å². The SMILES string of the molecule is CCC1SCC(C(=O)O)N1C(=O)c1c(C)noc1C. The minimum atomic E-state index is -0.969. The van der Waals surface area contributed by atoms with Crippen LogP contribution in [0, 0.1) is 13.8 Å². The molecule has 1 amide bonds. The van der Waals surface area contributed by atoms with Gasteiger partial charge in [-0.25, -0.2) is 4.79 Å². The molecule has 1 aliphatic rings. The van der Waals surface area contributed by atoms with Gasteiger partial charge in [-0.1, -0.05) is 12.1 Å². The molecule has 2 heterocycles. The summed E-state index contributed by atoms with van der Waals surface area (Å²) in [5, 5.41) is 12.9. The monoisotopic (exact) mass is 284 g/mol. The lowest BCUT2D eigenvalue weighted by atomic mass is 10.1. The lowest BCUT2D eigenvalue weighted by molar-refractivity contribution is -0.141. The second-order valence-electron chi connectivity index (χ2n) is 4.46. The van der Waals surface area contributed by atoms with E-state index >= 15 is 0 Å². The first-order valence-corrected chi connectivity index (χ1v) is 7.12. The van der Waals surface area contributed by atoms with E-state index in [-0.39, 0.29) is 11.3 Å². The highest BCUT2D eigenvalue weighted by Gasteiger charge is 2.42. The maximum absolute atomic E-state index is 12.6. The Kier molecular flexibility index (Phi) is 3.84. The van der Waals surface area contributed by atoms with Gasteiger partial charge in [-0.15, -0.1) is 11.8 Å². The van der Waals surface area contributed by atoms with Crippen molar-refractivity contribution in [3.63, 3.8) is 0 Å². The highest BCUT2D eigenvalue weighted by molar-refractivity contribution is 8.00. The number of carbonyl (C=O) groups excluding carboxylic acids is 1. The summed E-state index contributed by atoms with van der Waals surface area (Å²) in [5.74, 6) is -0.425. The Labute approximate surface area is 115 Å². The number of nitrogens with zero attached hydrogens (tertiary/aromatic N) is 2. The number of carboxylic acid groups (broad SMARTS) is 1. The molecule has 0 aromatic carbocycles. The number of carboxylic acids is 1. The van der Waals surface area contributed by atoms with Crippen LogP contribution in [0.5, 0.6) is 0 Å². The van der Waals surface area contributed by atoms with Crippen molar-refractivity contribution in [3.8, 4) is 0 Å². The summed E-state index contributed by atoms with van der Waals surface area (Å²) >= 11 is 1.50. The van der Waals surface area contributed by atoms with Gasteiger partial charge in [0.1, 0.15) is 17.4 Å². The smallest absolute Gasteiger partial charge is 0.327 e. The molecule has 2 rings (SSSR count). The molecule has 2 atom stereocenters. The van der Waals surface area contributed by atoms with Gasteiger partial charge in [0.2, 0.25) is 0 Å². The van der Waals surface area contributed by atoms with E-state index in [1.807, 2.05) is 6.92 Å². The molecule has 0 bridgehead atoms. The highest BCUT2D eigenvalue weighted by Crippen LogP contribution is 2.33. The first kappa shape index (κ1) is 13.9. The van der Waals surface area contributed by atoms with Crippen LogP contribution >= 0.6 is 11.8 Å². The summed E-state index contributed by atoms with van der Waals surface area (Å²) in [6.07, 6.45) is 0.712. The van der Waals surface area contributed by atoms with Crippen LogP contribution in [0.4, 0.5) is 0 Å². The maximum Gasteiger partial charge on any atom is 0.327 e. The van der Waals surface area contributed by atoms with E-state index in [1.165, 1.54) is 16.7 Å². The fourth-order valence-electron chi connectivity index (χ4n) is 2.26. The fraction of sp³-hybridized carbons (Fsp3) is 0.583. The predicted molar refractivity (Wildman–Crippen MR) is 70.1 cm³/mol. The highest BCUT2D eigenvalue weighted by atomic mass is 32.2. The summed E-state index contributed by atoms with van der Waals surface area (Å²) in [6.45, 7) is 5.28. The van der Waals surface area contributed by atoms with Crippen molar-refractivity contribution >= 4 is 23.6 Å². The number of aryl methyl sites for hydroxylation is 2. The van der Waals surface area contributed by atoms with Crippen molar-refractivity contribution in [2.24, 2.45) is 0 Å². The van der Waals surface area contributed by atoms with Crippen LogP contribution in [0.3, 0.4) is 0 Å². The topological polar surface area (TPSA) is 83.6 Å². The molecule has 0 radical (unpaired) electrons. The fourth-order valence-corrected chi connectivity index (χ4v) is 3.60. The summed E-state index contributed by atoms with van der Waals surface area (Å²) < 4.78 is 4.99. The van der Waals surface area contributed by atoms with Crippen LogP contribution in [0.1, 0.15) is 35.2 Å². The van der Waals surface area contributed by atoms with Gasteiger partial charge in [-0.2, -0.15) is 0 Å². The Morgan fingerprint density at radius 3 is 2.68 bits per heavy atom. The minimum Gasteiger partial charge on any atom is -0.480 e. The van der Waals surface area contributed by atoms with Gasteiger partial charge in [-0.05, 0) is 20.3 Å². The zero-order valence-corrected chi connectivity index (χ0v) is 11.9. The molecule has 6 nitrogen and oxygen atoms in total. The average Bonchev–Trinajstić information content (AvgIpc) is 2.92. The molecule has 2 unspecified atom stereocenters. The van der Waals surface area contributed by atoms with E-state index in [4.69, 9.17) is 4.52 Å². The van der Waals surface area contributed by atoms with Crippen LogP contribution < -0.4 is 0 Å². The molecule has 1 aromatic rings. The average molecular weight is 284 g/mol. The summed E-state index contributed by atoms with van der Waals surface area (Å²) in [6, 6.07) is -0.781. The summed E-state index contributed by atoms with van der Waals surface area (Å²) in [7, 11) is 0. The second kappa shape index (κ2) is 5.24. The Morgan fingerprint density at radius 2 is 2.21 bits per heavy atom. The predicted octanol–water partition coefficient (Wildman–Crippen LogP) is 1.67. The summed E-state index contributed by atoms with van der Waals surface area (Å²) in [5.41, 5.74) is 0.880. The number of hydrogen-bond acceptors (Lipinski definition) is 5. The van der Waals surface area contributed by atoms with Crippen molar-refractivity contribution in [3.05, 3.63) is 17.0 Å². The Bertz CT molecular complexity index is 494. The van der Waals surface area contributed by atoms with Gasteiger partial charge in [-0.3, -0.25) is 4.79 Å². The number of amides is 1. The van der Waals surface area contributed by atoms with Crippen LogP contribution in [0.2, 0.25) is 0 Å². The van der Waals surface area contributed by atoms with Crippen molar-refractivity contribution in [2.75, 3.05) is 5.75 Å². The molecule has 19 heavy (non-hydrogen) atoms. The van der Waals surface area contributed by atoms with Crippen molar-refractivity contribution in [1.82, 2.24) is 10.1 Å².